The molecule has 0 radical (unpaired) electrons. The van der Waals surface area contributed by atoms with E-state index in [2.05, 4.69) is 0 Å². The highest BCUT2D eigenvalue weighted by Gasteiger charge is 2.42. The molecule has 0 rings (SSSR count). The molecule has 7 heteroatoms. The first-order valence-corrected chi connectivity index (χ1v) is 6.24. The molecule has 0 aromatic heterocycles. The van der Waals surface area contributed by atoms with Gasteiger partial charge in [0.15, 0.2) is 0 Å². The van der Waals surface area contributed by atoms with E-state index in [0.717, 1.165) is 0 Å². The second-order valence-electron chi connectivity index (χ2n) is 7.17. The van der Waals surface area contributed by atoms with Gasteiger partial charge in [-0.1, -0.05) is 0 Å². The van der Waals surface area contributed by atoms with Crippen LogP contribution in [0.5, 0.6) is 0 Å². The molecule has 7 nitrogen and oxygen atoms in total. The van der Waals surface area contributed by atoms with Crippen LogP contribution in [-0.4, -0.2) is 44.5 Å². The molecule has 19 heavy (non-hydrogen) atoms. The molecule has 0 aliphatic rings. The molecular formula is C12H25N3O4. The van der Waals surface area contributed by atoms with Crippen LogP contribution < -0.4 is 0 Å². The molecule has 0 amide bonds. The quantitative estimate of drug-likeness (QED) is 0.547. The van der Waals surface area contributed by atoms with Crippen LogP contribution in [-0.2, 0) is 0 Å². The summed E-state index contributed by atoms with van der Waals surface area (Å²) in [6, 6.07) is 0. The van der Waals surface area contributed by atoms with Crippen molar-refractivity contribution < 1.29 is 9.85 Å². The Morgan fingerprint density at radius 2 is 1.05 bits per heavy atom. The molecule has 0 aromatic carbocycles. The number of rotatable bonds is 6. The third-order valence-corrected chi connectivity index (χ3v) is 3.09. The highest BCUT2D eigenvalue weighted by atomic mass is 16.6. The van der Waals surface area contributed by atoms with Gasteiger partial charge in [-0.25, -0.2) is 0 Å². The Hall–Kier alpha value is -1.24. The lowest BCUT2D eigenvalue weighted by molar-refractivity contribution is -0.570. The fourth-order valence-corrected chi connectivity index (χ4v) is 1.58. The van der Waals surface area contributed by atoms with E-state index in [1.54, 1.807) is 4.90 Å². The van der Waals surface area contributed by atoms with Gasteiger partial charge >= 0.3 is 0 Å². The summed E-state index contributed by atoms with van der Waals surface area (Å²) in [5.74, 6) is 0. The summed E-state index contributed by atoms with van der Waals surface area (Å²) in [6.45, 7) is 12.2. The number of hydrogen-bond donors (Lipinski definition) is 0. The van der Waals surface area contributed by atoms with E-state index in [9.17, 15) is 20.2 Å². The van der Waals surface area contributed by atoms with E-state index in [4.69, 9.17) is 0 Å². The fourth-order valence-electron chi connectivity index (χ4n) is 1.58. The van der Waals surface area contributed by atoms with Crippen molar-refractivity contribution in [1.82, 2.24) is 4.90 Å². The van der Waals surface area contributed by atoms with Gasteiger partial charge in [0.25, 0.3) is 0 Å². The highest BCUT2D eigenvalue weighted by molar-refractivity contribution is 4.86. The summed E-state index contributed by atoms with van der Waals surface area (Å²) in [4.78, 5) is 23.2. The van der Waals surface area contributed by atoms with Crippen molar-refractivity contribution >= 4 is 0 Å². The fraction of sp³-hybridized carbons (Fsp3) is 1.00. The van der Waals surface area contributed by atoms with Gasteiger partial charge in [-0.2, -0.15) is 0 Å². The van der Waals surface area contributed by atoms with Crippen molar-refractivity contribution in [2.45, 2.75) is 65.1 Å². The number of nitrogens with zero attached hydrogens (tertiary/aromatic N) is 3. The standard InChI is InChI=1S/C12H25N3O4/c1-10(2,3)13(8-11(4,5)14(16)17)9-12(6,7)15(18)19/h8-9H2,1-7H3. The zero-order valence-corrected chi connectivity index (χ0v) is 12.9. The smallest absolute Gasteiger partial charge is 0.229 e. The molecule has 0 heterocycles. The molecule has 0 saturated carbocycles. The first-order chi connectivity index (χ1) is 8.20. The molecule has 0 fully saturated rings. The second kappa shape index (κ2) is 5.40. The zero-order chi connectivity index (χ0) is 15.6. The van der Waals surface area contributed by atoms with Gasteiger partial charge in [-0.05, 0) is 20.8 Å². The summed E-state index contributed by atoms with van der Waals surface area (Å²) in [6.07, 6.45) is 0. The van der Waals surface area contributed by atoms with Gasteiger partial charge in [-0.15, -0.1) is 0 Å². The Bertz CT molecular complexity index is 330. The van der Waals surface area contributed by atoms with E-state index in [1.165, 1.54) is 27.7 Å². The topological polar surface area (TPSA) is 89.5 Å². The third-order valence-electron chi connectivity index (χ3n) is 3.09. The van der Waals surface area contributed by atoms with E-state index >= 15 is 0 Å². The van der Waals surface area contributed by atoms with Gasteiger partial charge in [0, 0.05) is 43.1 Å². The summed E-state index contributed by atoms with van der Waals surface area (Å²) in [7, 11) is 0. The SMILES string of the molecule is CC(C)(C)N(CC(C)(C)[N+](=O)[O-])CC(C)(C)[N+](=O)[O-]. The Morgan fingerprint density at radius 1 is 0.789 bits per heavy atom. The van der Waals surface area contributed by atoms with Gasteiger partial charge in [-0.3, -0.25) is 25.1 Å². The minimum absolute atomic E-state index is 0.167. The average Bonchev–Trinajstić information content (AvgIpc) is 2.13. The van der Waals surface area contributed by atoms with Crippen molar-refractivity contribution in [2.24, 2.45) is 0 Å². The first-order valence-electron chi connectivity index (χ1n) is 6.24. The Balaban J connectivity index is 5.18. The maximum atomic E-state index is 11.0. The Kier molecular flexibility index (Phi) is 5.05. The van der Waals surface area contributed by atoms with Crippen LogP contribution in [0.1, 0.15) is 48.5 Å². The Labute approximate surface area is 114 Å². The lowest BCUT2D eigenvalue weighted by atomic mass is 9.96. The predicted molar refractivity (Wildman–Crippen MR) is 73.5 cm³/mol. The molecule has 0 spiro atoms. The van der Waals surface area contributed by atoms with Gasteiger partial charge in [0.2, 0.25) is 11.1 Å². The molecule has 112 valence electrons. The highest BCUT2D eigenvalue weighted by Crippen LogP contribution is 2.23. The van der Waals surface area contributed by atoms with Gasteiger partial charge in [0.1, 0.15) is 0 Å². The van der Waals surface area contributed by atoms with E-state index < -0.39 is 11.1 Å². The molecule has 0 bridgehead atoms. The lowest BCUT2D eigenvalue weighted by Crippen LogP contribution is -2.56. The summed E-state index contributed by atoms with van der Waals surface area (Å²) in [5.41, 5.74) is -2.65. The van der Waals surface area contributed by atoms with Crippen LogP contribution in [0, 0.1) is 20.2 Å². The monoisotopic (exact) mass is 275 g/mol. The minimum Gasteiger partial charge on any atom is -0.285 e. The van der Waals surface area contributed by atoms with Gasteiger partial charge in [0.05, 0.1) is 13.1 Å². The third kappa shape index (κ3) is 5.10. The minimum atomic E-state index is -1.14. The van der Waals surface area contributed by atoms with E-state index in [1.807, 2.05) is 20.8 Å². The summed E-state index contributed by atoms with van der Waals surface area (Å²) >= 11 is 0. The largest absolute Gasteiger partial charge is 0.285 e. The van der Waals surface area contributed by atoms with Crippen LogP contribution in [0.2, 0.25) is 0 Å². The van der Waals surface area contributed by atoms with Crippen molar-refractivity contribution in [3.05, 3.63) is 20.2 Å². The summed E-state index contributed by atoms with van der Waals surface area (Å²) < 4.78 is 0. The van der Waals surface area contributed by atoms with Crippen LogP contribution >= 0.6 is 0 Å². The predicted octanol–water partition coefficient (Wildman–Crippen LogP) is 2.20. The van der Waals surface area contributed by atoms with Gasteiger partial charge < -0.3 is 0 Å². The van der Waals surface area contributed by atoms with E-state index in [0.29, 0.717) is 0 Å². The molecule has 0 aliphatic carbocycles. The van der Waals surface area contributed by atoms with Crippen LogP contribution in [0.25, 0.3) is 0 Å². The van der Waals surface area contributed by atoms with Crippen LogP contribution in [0.3, 0.4) is 0 Å². The van der Waals surface area contributed by atoms with Crippen molar-refractivity contribution in [3.8, 4) is 0 Å². The molecule has 0 atom stereocenters. The van der Waals surface area contributed by atoms with Crippen molar-refractivity contribution in [2.75, 3.05) is 13.1 Å². The number of nitro groups is 2. The Morgan fingerprint density at radius 3 is 1.21 bits per heavy atom. The molecule has 0 aromatic rings. The van der Waals surface area contributed by atoms with E-state index in [-0.39, 0.29) is 28.5 Å². The van der Waals surface area contributed by atoms with Crippen molar-refractivity contribution in [1.29, 1.82) is 0 Å². The molecule has 0 aliphatic heterocycles. The molecular weight excluding hydrogens is 250 g/mol. The maximum Gasteiger partial charge on any atom is 0.229 e. The van der Waals surface area contributed by atoms with Crippen LogP contribution in [0.4, 0.5) is 0 Å². The number of hydrogen-bond acceptors (Lipinski definition) is 5. The molecule has 0 saturated heterocycles. The lowest BCUT2D eigenvalue weighted by Gasteiger charge is -2.39. The molecule has 0 unspecified atom stereocenters. The van der Waals surface area contributed by atoms with Crippen LogP contribution in [0.15, 0.2) is 0 Å². The van der Waals surface area contributed by atoms with Crippen molar-refractivity contribution in [3.63, 3.8) is 0 Å². The zero-order valence-electron chi connectivity index (χ0n) is 12.9. The first kappa shape index (κ1) is 17.8. The normalized spacial score (nSPS) is 13.7. The second-order valence-corrected chi connectivity index (χ2v) is 7.17. The average molecular weight is 275 g/mol. The maximum absolute atomic E-state index is 11.0. The summed E-state index contributed by atoms with van der Waals surface area (Å²) in [5, 5.41) is 22.1. The molecule has 0 N–H and O–H groups in total.